The number of nitrogens with zero attached hydrogens (tertiary/aromatic N) is 4. The molecule has 1 N–H and O–H groups in total. The Morgan fingerprint density at radius 3 is 2.47 bits per heavy atom. The van der Waals surface area contributed by atoms with Gasteiger partial charge in [0.25, 0.3) is 0 Å². The molecule has 2 heterocycles. The second-order valence-electron chi connectivity index (χ2n) is 9.08. The third-order valence-electron chi connectivity index (χ3n) is 6.11. The molecule has 1 amide bonds. The highest BCUT2D eigenvalue weighted by Gasteiger charge is 2.31. The van der Waals surface area contributed by atoms with Crippen LogP contribution in [0.4, 0.5) is 24.5 Å². The minimum atomic E-state index is -4.41. The van der Waals surface area contributed by atoms with Crippen molar-refractivity contribution in [3.05, 3.63) is 77.5 Å². The van der Waals surface area contributed by atoms with E-state index in [1.165, 1.54) is 12.1 Å². The van der Waals surface area contributed by atoms with Crippen LogP contribution in [0.15, 0.2) is 60.7 Å². The fourth-order valence-corrected chi connectivity index (χ4v) is 4.34. The molecule has 0 saturated heterocycles. The Balaban J connectivity index is 1.74. The first-order valence-electron chi connectivity index (χ1n) is 11.7. The lowest BCUT2D eigenvalue weighted by Gasteiger charge is -2.26. The van der Waals surface area contributed by atoms with Crippen molar-refractivity contribution in [1.29, 1.82) is 0 Å². The van der Waals surface area contributed by atoms with Gasteiger partial charge in [0.1, 0.15) is 0 Å². The van der Waals surface area contributed by atoms with Crippen molar-refractivity contribution in [2.45, 2.75) is 19.1 Å². The molecule has 0 spiro atoms. The van der Waals surface area contributed by atoms with Gasteiger partial charge in [0, 0.05) is 55.3 Å². The van der Waals surface area contributed by atoms with Gasteiger partial charge in [-0.1, -0.05) is 12.1 Å². The molecule has 0 saturated carbocycles. The van der Waals surface area contributed by atoms with Crippen molar-refractivity contribution in [2.75, 3.05) is 45.2 Å². The number of anilines is 2. The van der Waals surface area contributed by atoms with Gasteiger partial charge in [0.2, 0.25) is 5.91 Å². The number of pyridine rings is 1. The third-order valence-corrected chi connectivity index (χ3v) is 6.11. The fourth-order valence-electron chi connectivity index (χ4n) is 4.34. The summed E-state index contributed by atoms with van der Waals surface area (Å²) < 4.78 is 39.3. The number of amides is 1. The molecule has 190 valence electrons. The molecule has 0 bridgehead atoms. The first-order chi connectivity index (χ1) is 17.2. The van der Waals surface area contributed by atoms with Crippen LogP contribution in [-0.4, -0.2) is 66.1 Å². The Kier molecular flexibility index (Phi) is 7.61. The minimum Gasteiger partial charge on any atom is -0.396 e. The molecule has 0 atom stereocenters. The van der Waals surface area contributed by atoms with Crippen molar-refractivity contribution in [1.82, 2.24) is 14.8 Å². The number of halogens is 3. The maximum atomic E-state index is 13.1. The number of likely N-dealkylation sites (N-methyl/N-ethyl adjacent to an activating group) is 1. The lowest BCUT2D eigenvalue weighted by molar-refractivity contribution is -0.137. The van der Waals surface area contributed by atoms with Gasteiger partial charge < -0.3 is 19.8 Å². The van der Waals surface area contributed by atoms with Crippen LogP contribution in [-0.2, 0) is 23.9 Å². The molecule has 1 aliphatic heterocycles. The van der Waals surface area contributed by atoms with Crippen LogP contribution in [0.25, 0.3) is 11.3 Å². The number of benzene rings is 2. The van der Waals surface area contributed by atoms with Gasteiger partial charge in [0.15, 0.2) is 0 Å². The number of carbonyl (C=O) groups is 1. The van der Waals surface area contributed by atoms with E-state index < -0.39 is 11.7 Å². The predicted octanol–water partition coefficient (Wildman–Crippen LogP) is 4.34. The van der Waals surface area contributed by atoms with Gasteiger partial charge in [-0.3, -0.25) is 9.78 Å². The number of hydrogen-bond donors (Lipinski definition) is 1. The van der Waals surface area contributed by atoms with Crippen molar-refractivity contribution in [3.8, 4) is 11.3 Å². The van der Waals surface area contributed by atoms with Crippen LogP contribution in [0.2, 0.25) is 0 Å². The maximum absolute atomic E-state index is 13.1. The number of fused-ring (bicyclic) bond motifs is 1. The highest BCUT2D eigenvalue weighted by atomic mass is 19.4. The number of alkyl halides is 3. The molecule has 0 fully saturated rings. The molecule has 0 radical (unpaired) electrons. The van der Waals surface area contributed by atoms with Crippen molar-refractivity contribution in [2.24, 2.45) is 0 Å². The summed E-state index contributed by atoms with van der Waals surface area (Å²) in [4.78, 5) is 23.1. The summed E-state index contributed by atoms with van der Waals surface area (Å²) >= 11 is 0. The van der Waals surface area contributed by atoms with Crippen molar-refractivity contribution >= 4 is 17.3 Å². The van der Waals surface area contributed by atoms with Crippen LogP contribution < -0.4 is 4.90 Å². The smallest absolute Gasteiger partial charge is 0.396 e. The van der Waals surface area contributed by atoms with Gasteiger partial charge in [0.05, 0.1) is 17.8 Å². The average Bonchev–Trinajstić information content (AvgIpc) is 3.03. The van der Waals surface area contributed by atoms with Gasteiger partial charge in [-0.25, -0.2) is 0 Å². The van der Waals surface area contributed by atoms with Crippen LogP contribution in [0.5, 0.6) is 0 Å². The van der Waals surface area contributed by atoms with Crippen LogP contribution in [0.1, 0.15) is 16.8 Å². The van der Waals surface area contributed by atoms with Gasteiger partial charge in [-0.15, -0.1) is 0 Å². The Morgan fingerprint density at radius 2 is 1.81 bits per heavy atom. The Labute approximate surface area is 208 Å². The molecule has 0 unspecified atom stereocenters. The molecule has 1 aliphatic rings. The number of carbonyl (C=O) groups excluding carboxylic acids is 1. The number of aliphatic hydroxyl groups is 1. The fraction of sp³-hybridized carbons (Fsp3) is 0.333. The largest absolute Gasteiger partial charge is 0.416 e. The second kappa shape index (κ2) is 10.7. The average molecular weight is 499 g/mol. The molecule has 4 rings (SSSR count). The number of aliphatic hydroxyl groups excluding tert-OH is 1. The van der Waals surface area contributed by atoms with Gasteiger partial charge in [-0.05, 0) is 68.2 Å². The maximum Gasteiger partial charge on any atom is 0.416 e. The van der Waals surface area contributed by atoms with Gasteiger partial charge >= 0.3 is 6.18 Å². The van der Waals surface area contributed by atoms with Crippen molar-refractivity contribution < 1.29 is 23.1 Å². The predicted molar refractivity (Wildman–Crippen MR) is 133 cm³/mol. The highest BCUT2D eigenvalue weighted by Crippen LogP contribution is 2.36. The zero-order valence-corrected chi connectivity index (χ0v) is 20.3. The topological polar surface area (TPSA) is 59.9 Å². The van der Waals surface area contributed by atoms with Gasteiger partial charge in [-0.2, -0.15) is 13.2 Å². The normalized spacial score (nSPS) is 14.1. The summed E-state index contributed by atoms with van der Waals surface area (Å²) in [6, 6.07) is 16.6. The summed E-state index contributed by atoms with van der Waals surface area (Å²) in [5.41, 5.74) is 4.04. The van der Waals surface area contributed by atoms with Crippen molar-refractivity contribution in [3.63, 3.8) is 0 Å². The van der Waals surface area contributed by atoms with E-state index in [9.17, 15) is 23.1 Å². The Morgan fingerprint density at radius 1 is 1.06 bits per heavy atom. The second-order valence-corrected chi connectivity index (χ2v) is 9.08. The van der Waals surface area contributed by atoms with Crippen LogP contribution >= 0.6 is 0 Å². The molecule has 1 aromatic heterocycles. The number of rotatable bonds is 6. The standard InChI is InChI=1S/C27H29F3N4O2/c1-32(2)18-26(36)33-13-14-34(23-9-7-21(8-10-23)27(28,29)30)25-11-6-19(16-20(25)17-33)24-5-3-4-22(31-24)12-15-35/h3-11,16,35H,12-15,17-18H2,1-2H3. The van der Waals surface area contributed by atoms with E-state index in [2.05, 4.69) is 4.98 Å². The minimum absolute atomic E-state index is 0.00563. The summed E-state index contributed by atoms with van der Waals surface area (Å²) in [5.74, 6) is -0.0197. The molecule has 0 aliphatic carbocycles. The number of aromatic nitrogens is 1. The molecule has 9 heteroatoms. The van der Waals surface area contributed by atoms with E-state index in [4.69, 9.17) is 0 Å². The first kappa shape index (κ1) is 25.7. The molecule has 2 aromatic carbocycles. The Bertz CT molecular complexity index is 1210. The summed E-state index contributed by atoms with van der Waals surface area (Å²) in [5, 5.41) is 9.26. The van der Waals surface area contributed by atoms with E-state index >= 15 is 0 Å². The summed E-state index contributed by atoms with van der Waals surface area (Å²) in [6.45, 7) is 1.53. The molecular weight excluding hydrogens is 469 g/mol. The molecular formula is C27H29F3N4O2. The van der Waals surface area contributed by atoms with E-state index in [-0.39, 0.29) is 19.1 Å². The first-order valence-corrected chi connectivity index (χ1v) is 11.7. The summed E-state index contributed by atoms with van der Waals surface area (Å²) in [6.07, 6.45) is -3.95. The highest BCUT2D eigenvalue weighted by molar-refractivity contribution is 5.80. The Hall–Kier alpha value is -3.43. The zero-order valence-electron chi connectivity index (χ0n) is 20.3. The van der Waals surface area contributed by atoms with Crippen LogP contribution in [0, 0.1) is 0 Å². The third kappa shape index (κ3) is 5.85. The lowest BCUT2D eigenvalue weighted by Crippen LogP contribution is -2.39. The lowest BCUT2D eigenvalue weighted by atomic mass is 10.0. The molecule has 3 aromatic rings. The van der Waals surface area contributed by atoms with Crippen LogP contribution in [0.3, 0.4) is 0 Å². The van der Waals surface area contributed by atoms with E-state index in [0.717, 1.165) is 40.3 Å². The molecule has 6 nitrogen and oxygen atoms in total. The zero-order chi connectivity index (χ0) is 25.9. The SMILES string of the molecule is CN(C)CC(=O)N1CCN(c2ccc(C(F)(F)F)cc2)c2ccc(-c3cccc(CCO)n3)cc2C1. The quantitative estimate of drug-likeness (QED) is 0.548. The monoisotopic (exact) mass is 498 g/mol. The summed E-state index contributed by atoms with van der Waals surface area (Å²) in [7, 11) is 3.67. The molecule has 36 heavy (non-hydrogen) atoms. The van der Waals surface area contributed by atoms with E-state index in [1.54, 1.807) is 4.90 Å². The number of hydrogen-bond acceptors (Lipinski definition) is 5. The van der Waals surface area contributed by atoms with E-state index in [1.807, 2.05) is 60.3 Å². The van der Waals surface area contributed by atoms with E-state index in [0.29, 0.717) is 31.7 Å².